The topological polar surface area (TPSA) is 46.5 Å². The molecule has 1 N–H and O–H groups in total. The van der Waals surface area contributed by atoms with Crippen LogP contribution in [0.1, 0.15) is 27.2 Å². The number of hydrogen-bond donors (Lipinski definition) is 1. The van der Waals surface area contributed by atoms with Crippen molar-refractivity contribution in [3.8, 4) is 0 Å². The lowest BCUT2D eigenvalue weighted by atomic mass is 10.1. The van der Waals surface area contributed by atoms with Crippen LogP contribution < -0.4 is 5.30 Å². The van der Waals surface area contributed by atoms with Crippen LogP contribution in [-0.4, -0.2) is 17.6 Å². The monoisotopic (exact) mass is 256 g/mol. The molecule has 0 saturated heterocycles. The van der Waals surface area contributed by atoms with E-state index in [1.165, 1.54) is 0 Å². The molecule has 0 spiro atoms. The standard InChI is InChI=1S/C13H21O3P/c1-4-16-17(15,13(14)10-11(2)3)12-8-6-5-7-9-12/h5-9,11,13-14H,4,10H2,1-3H3/t13-,17-/m1/s1. The summed E-state index contributed by atoms with van der Waals surface area (Å²) in [5, 5.41) is 10.7. The van der Waals surface area contributed by atoms with Crippen molar-refractivity contribution in [2.45, 2.75) is 33.0 Å². The van der Waals surface area contributed by atoms with E-state index < -0.39 is 13.2 Å². The van der Waals surface area contributed by atoms with Gasteiger partial charge in [0, 0.05) is 5.30 Å². The van der Waals surface area contributed by atoms with Gasteiger partial charge in [-0.25, -0.2) is 0 Å². The Morgan fingerprint density at radius 3 is 2.35 bits per heavy atom. The van der Waals surface area contributed by atoms with E-state index in [9.17, 15) is 9.67 Å². The summed E-state index contributed by atoms with van der Waals surface area (Å²) in [6.07, 6.45) is 0.478. The van der Waals surface area contributed by atoms with Crippen molar-refractivity contribution in [2.75, 3.05) is 6.61 Å². The normalized spacial score (nSPS) is 16.8. The second kappa shape index (κ2) is 6.34. The summed E-state index contributed by atoms with van der Waals surface area (Å²) in [6, 6.07) is 8.97. The third kappa shape index (κ3) is 3.67. The summed E-state index contributed by atoms with van der Waals surface area (Å²) in [5.41, 5.74) is 0. The van der Waals surface area contributed by atoms with E-state index in [-0.39, 0.29) is 5.92 Å². The highest BCUT2D eigenvalue weighted by Crippen LogP contribution is 2.51. The molecule has 0 saturated carbocycles. The summed E-state index contributed by atoms with van der Waals surface area (Å²) in [4.78, 5) is 0. The molecule has 1 rings (SSSR count). The molecular formula is C13H21O3P. The van der Waals surface area contributed by atoms with Crippen LogP contribution in [0.25, 0.3) is 0 Å². The maximum Gasteiger partial charge on any atom is 0.259 e. The lowest BCUT2D eigenvalue weighted by Crippen LogP contribution is -2.21. The first-order valence-corrected chi connectivity index (χ1v) is 7.68. The Bertz CT molecular complexity index is 376. The smallest absolute Gasteiger partial charge is 0.259 e. The lowest BCUT2D eigenvalue weighted by molar-refractivity contribution is 0.192. The van der Waals surface area contributed by atoms with Gasteiger partial charge < -0.3 is 9.63 Å². The molecule has 96 valence electrons. The van der Waals surface area contributed by atoms with E-state index in [4.69, 9.17) is 4.52 Å². The van der Waals surface area contributed by atoms with Crippen LogP contribution in [0, 0.1) is 5.92 Å². The number of aliphatic hydroxyl groups is 1. The van der Waals surface area contributed by atoms with E-state index in [2.05, 4.69) is 0 Å². The summed E-state index contributed by atoms with van der Waals surface area (Å²) >= 11 is 0. The van der Waals surface area contributed by atoms with E-state index in [1.807, 2.05) is 32.0 Å². The molecule has 3 nitrogen and oxygen atoms in total. The van der Waals surface area contributed by atoms with Crippen LogP contribution in [0.4, 0.5) is 0 Å². The maximum absolute atomic E-state index is 12.8. The zero-order valence-corrected chi connectivity index (χ0v) is 11.6. The van der Waals surface area contributed by atoms with Gasteiger partial charge in [0.15, 0.2) is 0 Å². The fraction of sp³-hybridized carbons (Fsp3) is 0.538. The third-order valence-corrected chi connectivity index (χ3v) is 5.17. The minimum atomic E-state index is -3.16. The minimum Gasteiger partial charge on any atom is -0.383 e. The van der Waals surface area contributed by atoms with Crippen LogP contribution >= 0.6 is 7.37 Å². The van der Waals surface area contributed by atoms with Gasteiger partial charge in [0.1, 0.15) is 5.85 Å². The molecule has 0 aromatic heterocycles. The van der Waals surface area contributed by atoms with Gasteiger partial charge in [0.2, 0.25) is 0 Å². The highest BCUT2D eigenvalue weighted by atomic mass is 31.2. The Kier molecular flexibility index (Phi) is 5.38. The molecule has 0 aliphatic heterocycles. The molecule has 0 radical (unpaired) electrons. The Morgan fingerprint density at radius 2 is 1.88 bits per heavy atom. The minimum absolute atomic E-state index is 0.280. The number of aliphatic hydroxyl groups excluding tert-OH is 1. The highest BCUT2D eigenvalue weighted by molar-refractivity contribution is 7.67. The van der Waals surface area contributed by atoms with Gasteiger partial charge in [0.25, 0.3) is 7.37 Å². The fourth-order valence-electron chi connectivity index (χ4n) is 1.72. The first-order chi connectivity index (χ1) is 8.00. The predicted molar refractivity (Wildman–Crippen MR) is 70.8 cm³/mol. The van der Waals surface area contributed by atoms with Crippen LogP contribution in [0.15, 0.2) is 30.3 Å². The van der Waals surface area contributed by atoms with Gasteiger partial charge in [-0.2, -0.15) is 0 Å². The Balaban J connectivity index is 3.01. The third-order valence-electron chi connectivity index (χ3n) is 2.51. The van der Waals surface area contributed by atoms with Crippen LogP contribution in [0.5, 0.6) is 0 Å². The number of rotatable bonds is 6. The summed E-state index contributed by atoms with van der Waals surface area (Å²) in [7, 11) is -3.16. The molecule has 0 aliphatic rings. The molecule has 0 heterocycles. The molecule has 0 unspecified atom stereocenters. The van der Waals surface area contributed by atoms with Crippen molar-refractivity contribution >= 4 is 12.7 Å². The Labute approximate surface area is 103 Å². The van der Waals surface area contributed by atoms with Crippen LogP contribution in [0.3, 0.4) is 0 Å². The van der Waals surface area contributed by atoms with E-state index >= 15 is 0 Å². The molecule has 0 fully saturated rings. The fourth-order valence-corrected chi connectivity index (χ4v) is 4.06. The summed E-state index contributed by atoms with van der Waals surface area (Å²) < 4.78 is 18.2. The molecule has 1 aromatic rings. The maximum atomic E-state index is 12.8. The molecule has 4 heteroatoms. The summed E-state index contributed by atoms with van der Waals surface area (Å²) in [6.45, 7) is 6.11. The Morgan fingerprint density at radius 1 is 1.29 bits per heavy atom. The first kappa shape index (κ1) is 14.4. The zero-order valence-electron chi connectivity index (χ0n) is 10.7. The van der Waals surface area contributed by atoms with Crippen molar-refractivity contribution in [1.29, 1.82) is 0 Å². The molecule has 0 amide bonds. The quantitative estimate of drug-likeness (QED) is 0.796. The zero-order chi connectivity index (χ0) is 12.9. The van der Waals surface area contributed by atoms with E-state index in [0.29, 0.717) is 18.3 Å². The molecule has 0 bridgehead atoms. The van der Waals surface area contributed by atoms with Crippen LogP contribution in [0.2, 0.25) is 0 Å². The second-order valence-electron chi connectivity index (χ2n) is 4.46. The summed E-state index contributed by atoms with van der Waals surface area (Å²) in [5.74, 6) is -0.646. The predicted octanol–water partition coefficient (Wildman–Crippen LogP) is 2.99. The van der Waals surface area contributed by atoms with Crippen molar-refractivity contribution in [1.82, 2.24) is 0 Å². The van der Waals surface area contributed by atoms with E-state index in [1.54, 1.807) is 19.1 Å². The molecule has 17 heavy (non-hydrogen) atoms. The van der Waals surface area contributed by atoms with Gasteiger partial charge in [-0.3, -0.25) is 4.57 Å². The van der Waals surface area contributed by atoms with E-state index in [0.717, 1.165) is 0 Å². The van der Waals surface area contributed by atoms with Gasteiger partial charge in [0.05, 0.1) is 6.61 Å². The number of benzene rings is 1. The molecular weight excluding hydrogens is 235 g/mol. The van der Waals surface area contributed by atoms with Crippen molar-refractivity contribution in [3.05, 3.63) is 30.3 Å². The average Bonchev–Trinajstić information content (AvgIpc) is 2.29. The number of hydrogen-bond acceptors (Lipinski definition) is 3. The van der Waals surface area contributed by atoms with Gasteiger partial charge in [-0.05, 0) is 31.4 Å². The molecule has 2 atom stereocenters. The largest absolute Gasteiger partial charge is 0.383 e. The second-order valence-corrected chi connectivity index (χ2v) is 7.03. The van der Waals surface area contributed by atoms with Crippen molar-refractivity contribution < 1.29 is 14.2 Å². The van der Waals surface area contributed by atoms with Gasteiger partial charge in [-0.15, -0.1) is 0 Å². The van der Waals surface area contributed by atoms with Gasteiger partial charge in [-0.1, -0.05) is 32.0 Å². The first-order valence-electron chi connectivity index (χ1n) is 5.98. The molecule has 1 aromatic carbocycles. The average molecular weight is 256 g/mol. The van der Waals surface area contributed by atoms with Gasteiger partial charge >= 0.3 is 0 Å². The van der Waals surface area contributed by atoms with Crippen LogP contribution in [-0.2, 0) is 9.09 Å². The Hall–Kier alpha value is -0.630. The van der Waals surface area contributed by atoms with Crippen molar-refractivity contribution in [3.63, 3.8) is 0 Å². The molecule has 0 aliphatic carbocycles. The van der Waals surface area contributed by atoms with Crippen molar-refractivity contribution in [2.24, 2.45) is 5.92 Å². The SMILES string of the molecule is CCO[P@](=O)(c1ccccc1)[C@@H](O)CC(C)C. The highest BCUT2D eigenvalue weighted by Gasteiger charge is 2.34. The lowest BCUT2D eigenvalue weighted by Gasteiger charge is -2.24.